The first kappa shape index (κ1) is 12.6. The Balaban J connectivity index is 1.76. The molecule has 0 radical (unpaired) electrons. The van der Waals surface area contributed by atoms with Gasteiger partial charge in [-0.25, -0.2) is 4.98 Å². The molecule has 1 aliphatic rings. The highest BCUT2D eigenvalue weighted by Gasteiger charge is 2.17. The summed E-state index contributed by atoms with van der Waals surface area (Å²) in [6, 6.07) is 8.74. The van der Waals surface area contributed by atoms with E-state index in [4.69, 9.17) is 0 Å². The van der Waals surface area contributed by atoms with Gasteiger partial charge in [0.1, 0.15) is 5.01 Å². The highest BCUT2D eigenvalue weighted by atomic mass is 32.1. The maximum Gasteiger partial charge on any atom is 0.107 e. The minimum atomic E-state index is 0.862. The number of anilines is 1. The number of aryl methyl sites for hydroxylation is 1. The summed E-state index contributed by atoms with van der Waals surface area (Å²) in [5.74, 6) is 0. The zero-order chi connectivity index (χ0) is 13.1. The maximum absolute atomic E-state index is 4.68. The molecule has 3 nitrogen and oxygen atoms in total. The van der Waals surface area contributed by atoms with Gasteiger partial charge in [-0.2, -0.15) is 0 Å². The fourth-order valence-corrected chi connectivity index (χ4v) is 3.42. The van der Waals surface area contributed by atoms with Crippen molar-refractivity contribution in [3.8, 4) is 0 Å². The van der Waals surface area contributed by atoms with E-state index in [1.54, 1.807) is 11.3 Å². The van der Waals surface area contributed by atoms with Gasteiger partial charge in [-0.15, -0.1) is 11.3 Å². The fourth-order valence-electron chi connectivity index (χ4n) is 2.63. The van der Waals surface area contributed by atoms with Crippen molar-refractivity contribution in [3.63, 3.8) is 0 Å². The van der Waals surface area contributed by atoms with E-state index in [1.165, 1.54) is 34.8 Å². The summed E-state index contributed by atoms with van der Waals surface area (Å²) in [5.41, 5.74) is 4.04. The Morgan fingerprint density at radius 3 is 3.16 bits per heavy atom. The molecule has 0 saturated heterocycles. The second-order valence-corrected chi connectivity index (χ2v) is 5.86. The van der Waals surface area contributed by atoms with Crippen LogP contribution < -0.4 is 10.2 Å². The van der Waals surface area contributed by atoms with Crippen LogP contribution in [-0.4, -0.2) is 18.6 Å². The van der Waals surface area contributed by atoms with Crippen LogP contribution in [-0.2, 0) is 19.5 Å². The van der Waals surface area contributed by atoms with Crippen LogP contribution in [0.15, 0.2) is 29.6 Å². The number of para-hydroxylation sites is 1. The molecule has 0 bridgehead atoms. The van der Waals surface area contributed by atoms with Gasteiger partial charge in [-0.3, -0.25) is 0 Å². The second-order valence-electron chi connectivity index (χ2n) is 4.92. The Morgan fingerprint density at radius 1 is 1.37 bits per heavy atom. The van der Waals surface area contributed by atoms with E-state index in [-0.39, 0.29) is 0 Å². The van der Waals surface area contributed by atoms with E-state index in [1.807, 2.05) is 7.05 Å². The van der Waals surface area contributed by atoms with Gasteiger partial charge in [0.05, 0.1) is 12.2 Å². The Hall–Kier alpha value is -1.39. The van der Waals surface area contributed by atoms with Gasteiger partial charge in [0, 0.05) is 24.2 Å². The lowest BCUT2D eigenvalue weighted by Gasteiger charge is -2.30. The molecule has 1 N–H and O–H groups in total. The van der Waals surface area contributed by atoms with Crippen LogP contribution in [0.3, 0.4) is 0 Å². The molecule has 100 valence electrons. The number of fused-ring (bicyclic) bond motifs is 1. The first-order chi connectivity index (χ1) is 9.36. The van der Waals surface area contributed by atoms with E-state index in [2.05, 4.69) is 44.8 Å². The van der Waals surface area contributed by atoms with Gasteiger partial charge in [-0.05, 0) is 31.5 Å². The molecule has 4 heteroatoms. The summed E-state index contributed by atoms with van der Waals surface area (Å²) in [6.07, 6.45) is 2.44. The second kappa shape index (κ2) is 5.72. The molecule has 1 aromatic heterocycles. The van der Waals surface area contributed by atoms with Crippen molar-refractivity contribution in [1.82, 2.24) is 10.3 Å². The lowest BCUT2D eigenvalue weighted by atomic mass is 10.0. The summed E-state index contributed by atoms with van der Waals surface area (Å²) in [7, 11) is 1.96. The van der Waals surface area contributed by atoms with Crippen LogP contribution in [0.2, 0.25) is 0 Å². The normalized spacial score (nSPS) is 14.5. The van der Waals surface area contributed by atoms with Crippen molar-refractivity contribution in [2.24, 2.45) is 0 Å². The molecule has 0 fully saturated rings. The van der Waals surface area contributed by atoms with Crippen molar-refractivity contribution in [2.45, 2.75) is 25.9 Å². The molecule has 2 heterocycles. The van der Waals surface area contributed by atoms with Gasteiger partial charge >= 0.3 is 0 Å². The van der Waals surface area contributed by atoms with Crippen LogP contribution >= 0.6 is 11.3 Å². The first-order valence-electron chi connectivity index (χ1n) is 6.77. The lowest BCUT2D eigenvalue weighted by molar-refractivity contribution is 0.683. The maximum atomic E-state index is 4.68. The third-order valence-electron chi connectivity index (χ3n) is 3.49. The van der Waals surface area contributed by atoms with Crippen molar-refractivity contribution < 1.29 is 0 Å². The van der Waals surface area contributed by atoms with Crippen molar-refractivity contribution in [2.75, 3.05) is 18.5 Å². The molecule has 19 heavy (non-hydrogen) atoms. The first-order valence-corrected chi connectivity index (χ1v) is 7.65. The highest BCUT2D eigenvalue weighted by molar-refractivity contribution is 7.09. The smallest absolute Gasteiger partial charge is 0.107 e. The molecule has 0 aliphatic carbocycles. The zero-order valence-electron chi connectivity index (χ0n) is 11.2. The molecule has 1 aliphatic heterocycles. The number of nitrogens with zero attached hydrogens (tertiary/aromatic N) is 2. The van der Waals surface area contributed by atoms with Crippen molar-refractivity contribution in [3.05, 3.63) is 45.9 Å². The van der Waals surface area contributed by atoms with E-state index in [0.29, 0.717) is 0 Å². The molecular formula is C15H19N3S. The standard InChI is InChI=1S/C15H19N3S/c1-16-9-15-17-13(11-19-15)10-18-8-4-6-12-5-2-3-7-14(12)18/h2-3,5,7,11,16H,4,6,8-10H2,1H3. The quantitative estimate of drug-likeness (QED) is 0.928. The van der Waals surface area contributed by atoms with Gasteiger partial charge < -0.3 is 10.2 Å². The highest BCUT2D eigenvalue weighted by Crippen LogP contribution is 2.28. The molecule has 2 aromatic rings. The average Bonchev–Trinajstić information content (AvgIpc) is 2.87. The van der Waals surface area contributed by atoms with Gasteiger partial charge in [-0.1, -0.05) is 18.2 Å². The largest absolute Gasteiger partial charge is 0.365 e. The van der Waals surface area contributed by atoms with Crippen LogP contribution in [0, 0.1) is 0 Å². The number of rotatable bonds is 4. The Kier molecular flexibility index (Phi) is 3.80. The summed E-state index contributed by atoms with van der Waals surface area (Å²) in [6.45, 7) is 2.92. The lowest BCUT2D eigenvalue weighted by Crippen LogP contribution is -2.28. The molecular weight excluding hydrogens is 254 g/mol. The van der Waals surface area contributed by atoms with Gasteiger partial charge in [0.2, 0.25) is 0 Å². The SMILES string of the molecule is CNCc1nc(CN2CCCc3ccccc32)cs1. The summed E-state index contributed by atoms with van der Waals surface area (Å²) < 4.78 is 0. The van der Waals surface area contributed by atoms with Gasteiger partial charge in [0.25, 0.3) is 0 Å². The molecule has 0 amide bonds. The van der Waals surface area contributed by atoms with Crippen molar-refractivity contribution >= 4 is 17.0 Å². The van der Waals surface area contributed by atoms with Crippen LogP contribution in [0.1, 0.15) is 22.7 Å². The number of hydrogen-bond donors (Lipinski definition) is 1. The van der Waals surface area contributed by atoms with Gasteiger partial charge in [0.15, 0.2) is 0 Å². The topological polar surface area (TPSA) is 28.2 Å². The number of hydrogen-bond acceptors (Lipinski definition) is 4. The van der Waals surface area contributed by atoms with Crippen LogP contribution in [0.5, 0.6) is 0 Å². The Bertz CT molecular complexity index is 550. The third kappa shape index (κ3) is 2.80. The minimum Gasteiger partial charge on any atom is -0.365 e. The number of benzene rings is 1. The predicted molar refractivity (Wildman–Crippen MR) is 80.7 cm³/mol. The van der Waals surface area contributed by atoms with Crippen molar-refractivity contribution in [1.29, 1.82) is 0 Å². The van der Waals surface area contributed by atoms with E-state index in [0.717, 1.165) is 19.6 Å². The zero-order valence-corrected chi connectivity index (χ0v) is 12.0. The van der Waals surface area contributed by atoms with E-state index >= 15 is 0 Å². The summed E-state index contributed by atoms with van der Waals surface area (Å²) in [5, 5.41) is 6.50. The minimum absolute atomic E-state index is 0.862. The predicted octanol–water partition coefficient (Wildman–Crippen LogP) is 2.82. The summed E-state index contributed by atoms with van der Waals surface area (Å²) >= 11 is 1.74. The number of aromatic nitrogens is 1. The number of thiazole rings is 1. The molecule has 3 rings (SSSR count). The molecule has 1 aromatic carbocycles. The Labute approximate surface area is 118 Å². The Morgan fingerprint density at radius 2 is 2.26 bits per heavy atom. The van der Waals surface area contributed by atoms with E-state index in [9.17, 15) is 0 Å². The summed E-state index contributed by atoms with van der Waals surface area (Å²) in [4.78, 5) is 7.14. The van der Waals surface area contributed by atoms with Crippen LogP contribution in [0.25, 0.3) is 0 Å². The number of nitrogens with one attached hydrogen (secondary N) is 1. The van der Waals surface area contributed by atoms with Crippen LogP contribution in [0.4, 0.5) is 5.69 Å². The fraction of sp³-hybridized carbons (Fsp3) is 0.400. The third-order valence-corrected chi connectivity index (χ3v) is 4.38. The molecule has 0 spiro atoms. The van der Waals surface area contributed by atoms with E-state index < -0.39 is 0 Å². The monoisotopic (exact) mass is 273 g/mol. The average molecular weight is 273 g/mol. The molecule has 0 saturated carbocycles. The molecule has 0 atom stereocenters. The molecule has 0 unspecified atom stereocenters.